The second-order valence-corrected chi connectivity index (χ2v) is 10.8. The van der Waals surface area contributed by atoms with E-state index < -0.39 is 26.1 Å². The largest absolute Gasteiger partial charge is 0.384 e. The number of anilines is 1. The number of aliphatic imine (C=N–C) groups is 1. The standard InChI is InChI=1S/C26H28N6O4S/c1-18(2)17-31-23(27)22(25(33)30(3)26(31)34)24(37(35,36)21-8-5-4-6-9-21)28-16-19-10-12-20(13-11-19)32-15-7-14-29-32/h4-15,18H,16-17,27H2,1-3H3. The molecule has 4 rings (SSSR count). The zero-order valence-electron chi connectivity index (χ0n) is 20.8. The zero-order valence-corrected chi connectivity index (χ0v) is 21.6. The van der Waals surface area contributed by atoms with Gasteiger partial charge in [-0.1, -0.05) is 44.2 Å². The molecule has 0 amide bonds. The van der Waals surface area contributed by atoms with Gasteiger partial charge >= 0.3 is 5.69 Å². The van der Waals surface area contributed by atoms with Gasteiger partial charge in [0, 0.05) is 26.0 Å². The predicted octanol–water partition coefficient (Wildman–Crippen LogP) is 2.39. The monoisotopic (exact) mass is 520 g/mol. The second kappa shape index (κ2) is 10.4. The molecule has 0 aliphatic rings. The van der Waals surface area contributed by atoms with Crippen molar-refractivity contribution >= 4 is 20.7 Å². The lowest BCUT2D eigenvalue weighted by molar-refractivity contribution is 0.493. The van der Waals surface area contributed by atoms with Crippen molar-refractivity contribution in [3.8, 4) is 5.69 Å². The minimum atomic E-state index is -4.26. The predicted molar refractivity (Wildman–Crippen MR) is 143 cm³/mol. The molecule has 0 saturated heterocycles. The molecule has 2 aromatic heterocycles. The number of rotatable bonds is 7. The van der Waals surface area contributed by atoms with E-state index in [1.807, 2.05) is 38.2 Å². The summed E-state index contributed by atoms with van der Waals surface area (Å²) >= 11 is 0. The number of sulfone groups is 1. The Balaban J connectivity index is 1.88. The number of nitrogens with zero attached hydrogens (tertiary/aromatic N) is 5. The first-order chi connectivity index (χ1) is 17.6. The number of nitrogens with two attached hydrogens (primary N) is 1. The van der Waals surface area contributed by atoms with E-state index >= 15 is 0 Å². The highest BCUT2D eigenvalue weighted by molar-refractivity contribution is 8.07. The molecule has 0 atom stereocenters. The molecule has 2 N–H and O–H groups in total. The van der Waals surface area contributed by atoms with E-state index in [1.165, 1.54) is 23.7 Å². The maximum atomic E-state index is 13.8. The van der Waals surface area contributed by atoms with Gasteiger partial charge in [-0.25, -0.2) is 17.9 Å². The Bertz CT molecular complexity index is 1650. The Labute approximate surface area is 214 Å². The first-order valence-electron chi connectivity index (χ1n) is 11.6. The van der Waals surface area contributed by atoms with Gasteiger partial charge in [0.1, 0.15) is 11.4 Å². The Hall–Kier alpha value is -4.25. The molecule has 0 bridgehead atoms. The number of hydrogen-bond acceptors (Lipinski definition) is 7. The van der Waals surface area contributed by atoms with Gasteiger partial charge < -0.3 is 5.73 Å². The van der Waals surface area contributed by atoms with Crippen molar-refractivity contribution < 1.29 is 8.42 Å². The zero-order chi connectivity index (χ0) is 26.7. The second-order valence-electron chi connectivity index (χ2n) is 8.97. The fourth-order valence-corrected chi connectivity index (χ4v) is 5.31. The third kappa shape index (κ3) is 5.17. The van der Waals surface area contributed by atoms with Crippen LogP contribution in [-0.2, 0) is 30.0 Å². The van der Waals surface area contributed by atoms with Crippen molar-refractivity contribution in [2.75, 3.05) is 5.73 Å². The van der Waals surface area contributed by atoms with Crippen LogP contribution in [0.5, 0.6) is 0 Å². The van der Waals surface area contributed by atoms with E-state index in [1.54, 1.807) is 41.2 Å². The fraction of sp³-hybridized carbons (Fsp3) is 0.231. The number of nitrogen functional groups attached to an aromatic ring is 1. The van der Waals surface area contributed by atoms with Crippen LogP contribution in [0.1, 0.15) is 25.0 Å². The van der Waals surface area contributed by atoms with Crippen LogP contribution < -0.4 is 17.0 Å². The number of hydrogen-bond donors (Lipinski definition) is 1. The smallest absolute Gasteiger partial charge is 0.332 e. The minimum Gasteiger partial charge on any atom is -0.384 e. The average molecular weight is 521 g/mol. The molecule has 0 spiro atoms. The number of benzene rings is 2. The van der Waals surface area contributed by atoms with Gasteiger partial charge in [-0.3, -0.25) is 18.9 Å². The summed E-state index contributed by atoms with van der Waals surface area (Å²) in [6.07, 6.45) is 3.48. The highest BCUT2D eigenvalue weighted by Gasteiger charge is 2.31. The maximum absolute atomic E-state index is 13.8. The lowest BCUT2D eigenvalue weighted by Crippen LogP contribution is -2.44. The summed E-state index contributed by atoms with van der Waals surface area (Å²) in [4.78, 5) is 30.4. The van der Waals surface area contributed by atoms with Crippen LogP contribution in [-0.4, -0.2) is 32.4 Å². The summed E-state index contributed by atoms with van der Waals surface area (Å²) < 4.78 is 31.3. The lowest BCUT2D eigenvalue weighted by Gasteiger charge is -2.18. The molecule has 10 nitrogen and oxygen atoms in total. The molecule has 2 heterocycles. The fourth-order valence-electron chi connectivity index (χ4n) is 3.87. The van der Waals surface area contributed by atoms with Gasteiger partial charge in [0.15, 0.2) is 5.04 Å². The van der Waals surface area contributed by atoms with Crippen molar-refractivity contribution in [2.45, 2.75) is 31.8 Å². The average Bonchev–Trinajstić information content (AvgIpc) is 3.43. The third-order valence-electron chi connectivity index (χ3n) is 5.76. The molecule has 2 aromatic carbocycles. The topological polar surface area (TPSA) is 134 Å². The molecular weight excluding hydrogens is 492 g/mol. The summed E-state index contributed by atoms with van der Waals surface area (Å²) in [5, 5.41) is 3.71. The lowest BCUT2D eigenvalue weighted by atomic mass is 10.2. The van der Waals surface area contributed by atoms with Crippen molar-refractivity contribution in [1.82, 2.24) is 18.9 Å². The molecule has 0 aliphatic carbocycles. The van der Waals surface area contributed by atoms with Crippen molar-refractivity contribution in [1.29, 1.82) is 0 Å². The van der Waals surface area contributed by atoms with Gasteiger partial charge in [0.2, 0.25) is 9.84 Å². The van der Waals surface area contributed by atoms with E-state index in [2.05, 4.69) is 10.1 Å². The summed E-state index contributed by atoms with van der Waals surface area (Å²) in [6, 6.07) is 16.8. The van der Waals surface area contributed by atoms with Gasteiger partial charge in [-0.05, 0) is 41.8 Å². The SMILES string of the molecule is CC(C)Cn1c(N)c(C(=NCc2ccc(-n3cccn3)cc2)S(=O)(=O)c2ccccc2)c(=O)n(C)c1=O. The van der Waals surface area contributed by atoms with Crippen LogP contribution in [0.2, 0.25) is 0 Å². The maximum Gasteiger partial charge on any atom is 0.332 e. The van der Waals surface area contributed by atoms with Crippen molar-refractivity contribution in [2.24, 2.45) is 18.0 Å². The molecular formula is C26H28N6O4S. The van der Waals surface area contributed by atoms with Crippen LogP contribution in [0.3, 0.4) is 0 Å². The van der Waals surface area contributed by atoms with E-state index in [4.69, 9.17) is 5.73 Å². The Morgan fingerprint density at radius 3 is 2.30 bits per heavy atom. The normalized spacial score (nSPS) is 12.3. The van der Waals surface area contributed by atoms with E-state index in [0.717, 1.165) is 10.3 Å². The van der Waals surface area contributed by atoms with Crippen LogP contribution in [0, 0.1) is 5.92 Å². The molecule has 37 heavy (non-hydrogen) atoms. The van der Waals surface area contributed by atoms with Crippen LogP contribution in [0.15, 0.2) is 92.5 Å². The molecule has 0 saturated carbocycles. The first-order valence-corrected chi connectivity index (χ1v) is 13.1. The molecule has 0 fully saturated rings. The molecule has 0 radical (unpaired) electrons. The minimum absolute atomic E-state index is 0.0183. The Morgan fingerprint density at radius 2 is 1.70 bits per heavy atom. The van der Waals surface area contributed by atoms with E-state index in [9.17, 15) is 18.0 Å². The Morgan fingerprint density at radius 1 is 1.03 bits per heavy atom. The summed E-state index contributed by atoms with van der Waals surface area (Å²) in [5.41, 5.74) is 6.09. The molecule has 0 aliphatic heterocycles. The Kier molecular flexibility index (Phi) is 7.25. The molecule has 192 valence electrons. The first kappa shape index (κ1) is 25.8. The van der Waals surface area contributed by atoms with Gasteiger partial charge in [0.25, 0.3) is 5.56 Å². The molecule has 4 aromatic rings. The highest BCUT2D eigenvalue weighted by Crippen LogP contribution is 2.20. The summed E-state index contributed by atoms with van der Waals surface area (Å²) in [6.45, 7) is 3.95. The van der Waals surface area contributed by atoms with Gasteiger partial charge in [0.05, 0.1) is 17.1 Å². The summed E-state index contributed by atoms with van der Waals surface area (Å²) in [7, 11) is -2.96. The molecule has 0 unspecified atom stereocenters. The quantitative estimate of drug-likeness (QED) is 0.294. The van der Waals surface area contributed by atoms with Crippen LogP contribution in [0.25, 0.3) is 5.69 Å². The van der Waals surface area contributed by atoms with E-state index in [0.29, 0.717) is 5.56 Å². The van der Waals surface area contributed by atoms with Crippen LogP contribution >= 0.6 is 0 Å². The molecule has 11 heteroatoms. The summed E-state index contributed by atoms with van der Waals surface area (Å²) in [5.74, 6) is -0.209. The van der Waals surface area contributed by atoms with Crippen molar-refractivity contribution in [3.63, 3.8) is 0 Å². The van der Waals surface area contributed by atoms with Gasteiger partial charge in [-0.15, -0.1) is 0 Å². The van der Waals surface area contributed by atoms with Crippen LogP contribution in [0.4, 0.5) is 5.82 Å². The van der Waals surface area contributed by atoms with Crippen molar-refractivity contribution in [3.05, 3.63) is 105 Å². The highest BCUT2D eigenvalue weighted by atomic mass is 32.2. The van der Waals surface area contributed by atoms with Gasteiger partial charge in [-0.2, -0.15) is 5.10 Å². The number of aromatic nitrogens is 4. The van der Waals surface area contributed by atoms with E-state index in [-0.39, 0.29) is 35.3 Å². The third-order valence-corrected chi connectivity index (χ3v) is 7.50.